The van der Waals surface area contributed by atoms with Crippen molar-refractivity contribution in [1.29, 1.82) is 0 Å². The number of nitrogens with zero attached hydrogens (tertiary/aromatic N) is 1. The van der Waals surface area contributed by atoms with Crippen molar-refractivity contribution in [3.8, 4) is 0 Å². The summed E-state index contributed by atoms with van der Waals surface area (Å²) >= 11 is 1.63. The molecule has 1 N–H and O–H groups in total. The topological polar surface area (TPSA) is 62.9 Å². The summed E-state index contributed by atoms with van der Waals surface area (Å²) in [5.41, 5.74) is 0. The minimum absolute atomic E-state index is 0.0756. The molecule has 0 spiro atoms. The fourth-order valence-electron chi connectivity index (χ4n) is 1.51. The second-order valence-corrected chi connectivity index (χ2v) is 4.57. The molecular weight excluding hydrogens is 254 g/mol. The highest BCUT2D eigenvalue weighted by atomic mass is 32.2. The van der Waals surface area contributed by atoms with Gasteiger partial charge in [-0.25, -0.2) is 0 Å². The lowest BCUT2D eigenvalue weighted by Gasteiger charge is -2.19. The normalized spacial score (nSPS) is 10.6. The van der Waals surface area contributed by atoms with E-state index in [-0.39, 0.29) is 19.1 Å². The summed E-state index contributed by atoms with van der Waals surface area (Å²) in [5, 5.41) is 8.95. The lowest BCUT2D eigenvalue weighted by molar-refractivity contribution is 0.0625. The Morgan fingerprint density at radius 3 is 2.89 bits per heavy atom. The van der Waals surface area contributed by atoms with Gasteiger partial charge >= 0.3 is 0 Å². The van der Waals surface area contributed by atoms with Crippen molar-refractivity contribution in [2.24, 2.45) is 0 Å². The van der Waals surface area contributed by atoms with Gasteiger partial charge in [-0.15, -0.1) is 0 Å². The van der Waals surface area contributed by atoms with Crippen molar-refractivity contribution in [1.82, 2.24) is 4.90 Å². The monoisotopic (exact) mass is 273 g/mol. The predicted octanol–water partition coefficient (Wildman–Crippen LogP) is 1.22. The van der Waals surface area contributed by atoms with E-state index in [9.17, 15) is 4.79 Å². The number of ether oxygens (including phenoxy) is 1. The number of thioether (sulfide) groups is 1. The van der Waals surface area contributed by atoms with E-state index in [1.807, 2.05) is 6.26 Å². The van der Waals surface area contributed by atoms with Crippen LogP contribution in [-0.2, 0) is 10.5 Å². The standard InChI is InChI=1S/C12H19NO4S/c1-16-8-6-13(5-7-14)12(15)11-4-3-10(17-11)9-18-2/h3-4,14H,5-9H2,1-2H3. The van der Waals surface area contributed by atoms with Crippen LogP contribution in [0, 0.1) is 0 Å². The molecule has 0 radical (unpaired) electrons. The third-order valence-electron chi connectivity index (χ3n) is 2.38. The smallest absolute Gasteiger partial charge is 0.289 e. The second-order valence-electron chi connectivity index (χ2n) is 3.71. The van der Waals surface area contributed by atoms with E-state index < -0.39 is 0 Å². The van der Waals surface area contributed by atoms with Crippen molar-refractivity contribution in [3.63, 3.8) is 0 Å². The molecule has 102 valence electrons. The Labute approximate surface area is 111 Å². The third-order valence-corrected chi connectivity index (χ3v) is 2.95. The van der Waals surface area contributed by atoms with Crippen LogP contribution in [0.3, 0.4) is 0 Å². The van der Waals surface area contributed by atoms with Crippen molar-refractivity contribution in [3.05, 3.63) is 23.7 Å². The number of aliphatic hydroxyl groups excluding tert-OH is 1. The van der Waals surface area contributed by atoms with Crippen molar-refractivity contribution in [2.75, 3.05) is 39.7 Å². The number of rotatable bonds is 8. The Morgan fingerprint density at radius 1 is 1.50 bits per heavy atom. The Morgan fingerprint density at radius 2 is 2.28 bits per heavy atom. The van der Waals surface area contributed by atoms with Gasteiger partial charge in [0.25, 0.3) is 5.91 Å². The molecule has 0 atom stereocenters. The zero-order chi connectivity index (χ0) is 13.4. The van der Waals surface area contributed by atoms with Gasteiger partial charge in [-0.3, -0.25) is 4.79 Å². The Hall–Kier alpha value is -0.980. The molecule has 5 nitrogen and oxygen atoms in total. The van der Waals surface area contributed by atoms with E-state index in [1.165, 1.54) is 4.90 Å². The van der Waals surface area contributed by atoms with Crippen LogP contribution in [0.1, 0.15) is 16.3 Å². The lowest BCUT2D eigenvalue weighted by Crippen LogP contribution is -2.35. The first-order valence-electron chi connectivity index (χ1n) is 5.69. The van der Waals surface area contributed by atoms with Crippen LogP contribution in [0.15, 0.2) is 16.5 Å². The van der Waals surface area contributed by atoms with Crippen LogP contribution < -0.4 is 0 Å². The summed E-state index contributed by atoms with van der Waals surface area (Å²) in [4.78, 5) is 13.6. The zero-order valence-corrected chi connectivity index (χ0v) is 11.5. The van der Waals surface area contributed by atoms with Crippen molar-refractivity contribution < 1.29 is 19.1 Å². The molecule has 0 bridgehead atoms. The summed E-state index contributed by atoms with van der Waals surface area (Å²) in [6, 6.07) is 3.47. The number of carbonyl (C=O) groups excluding carboxylic acids is 1. The van der Waals surface area contributed by atoms with Gasteiger partial charge in [-0.1, -0.05) is 0 Å². The molecule has 6 heteroatoms. The molecule has 18 heavy (non-hydrogen) atoms. The Balaban J connectivity index is 2.67. The first kappa shape index (κ1) is 15.1. The number of amides is 1. The number of hydrogen-bond acceptors (Lipinski definition) is 5. The van der Waals surface area contributed by atoms with E-state index in [4.69, 9.17) is 14.3 Å². The molecule has 0 saturated carbocycles. The molecule has 1 amide bonds. The van der Waals surface area contributed by atoms with Gasteiger partial charge in [0.1, 0.15) is 5.76 Å². The summed E-state index contributed by atoms with van der Waals surface area (Å²) in [6.07, 6.45) is 1.97. The molecule has 1 aromatic rings. The molecule has 0 aliphatic rings. The summed E-state index contributed by atoms with van der Waals surface area (Å²) in [6.45, 7) is 1.08. The first-order valence-corrected chi connectivity index (χ1v) is 7.09. The first-order chi connectivity index (χ1) is 8.72. The lowest BCUT2D eigenvalue weighted by atomic mass is 10.3. The quantitative estimate of drug-likeness (QED) is 0.771. The molecule has 0 aromatic carbocycles. The van der Waals surface area contributed by atoms with Gasteiger partial charge < -0.3 is 19.2 Å². The van der Waals surface area contributed by atoms with E-state index in [0.717, 1.165) is 11.5 Å². The van der Waals surface area contributed by atoms with E-state index in [2.05, 4.69) is 0 Å². The maximum atomic E-state index is 12.1. The second kappa shape index (κ2) is 8.18. The Bertz CT molecular complexity index is 367. The van der Waals surface area contributed by atoms with Crippen LogP contribution in [-0.4, -0.2) is 55.6 Å². The molecule has 0 aliphatic heterocycles. The van der Waals surface area contributed by atoms with Crippen LogP contribution >= 0.6 is 11.8 Å². The average molecular weight is 273 g/mol. The number of aliphatic hydroxyl groups is 1. The van der Waals surface area contributed by atoms with Crippen molar-refractivity contribution in [2.45, 2.75) is 5.75 Å². The fourth-order valence-corrected chi connectivity index (χ4v) is 1.95. The number of carbonyl (C=O) groups is 1. The molecule has 0 aliphatic carbocycles. The maximum Gasteiger partial charge on any atom is 0.289 e. The van der Waals surface area contributed by atoms with Gasteiger partial charge in [0.05, 0.1) is 19.0 Å². The Kier molecular flexibility index (Phi) is 6.85. The summed E-state index contributed by atoms with van der Waals surface area (Å²) in [7, 11) is 1.57. The molecule has 0 fully saturated rings. The largest absolute Gasteiger partial charge is 0.455 e. The zero-order valence-electron chi connectivity index (χ0n) is 10.7. The number of methoxy groups -OCH3 is 1. The number of furan rings is 1. The molecule has 1 aromatic heterocycles. The van der Waals surface area contributed by atoms with Gasteiger partial charge in [0.15, 0.2) is 5.76 Å². The van der Waals surface area contributed by atoms with Crippen molar-refractivity contribution >= 4 is 17.7 Å². The SMILES string of the molecule is COCCN(CCO)C(=O)c1ccc(CSC)o1. The van der Waals surface area contributed by atoms with Gasteiger partial charge in [0.2, 0.25) is 0 Å². The van der Waals surface area contributed by atoms with Gasteiger partial charge in [-0.05, 0) is 18.4 Å². The van der Waals surface area contributed by atoms with Crippen LogP contribution in [0.25, 0.3) is 0 Å². The molecule has 0 unspecified atom stereocenters. The highest BCUT2D eigenvalue weighted by molar-refractivity contribution is 7.97. The number of hydrogen-bond donors (Lipinski definition) is 1. The molecular formula is C12H19NO4S. The van der Waals surface area contributed by atoms with Gasteiger partial charge in [0, 0.05) is 20.2 Å². The highest BCUT2D eigenvalue weighted by Crippen LogP contribution is 2.15. The van der Waals surface area contributed by atoms with Crippen LogP contribution in [0.4, 0.5) is 0 Å². The summed E-state index contributed by atoms with van der Waals surface area (Å²) < 4.78 is 10.4. The van der Waals surface area contributed by atoms with E-state index in [1.54, 1.807) is 31.0 Å². The summed E-state index contributed by atoms with van der Waals surface area (Å²) in [5.74, 6) is 1.62. The minimum atomic E-state index is -0.214. The van der Waals surface area contributed by atoms with Gasteiger partial charge in [-0.2, -0.15) is 11.8 Å². The molecule has 1 heterocycles. The van der Waals surface area contributed by atoms with E-state index >= 15 is 0 Å². The van der Waals surface area contributed by atoms with Crippen LogP contribution in [0.5, 0.6) is 0 Å². The minimum Gasteiger partial charge on any atom is -0.455 e. The fraction of sp³-hybridized carbons (Fsp3) is 0.583. The van der Waals surface area contributed by atoms with E-state index in [0.29, 0.717) is 18.9 Å². The molecule has 1 rings (SSSR count). The third kappa shape index (κ3) is 4.36. The highest BCUT2D eigenvalue weighted by Gasteiger charge is 2.18. The average Bonchev–Trinajstić information content (AvgIpc) is 2.83. The molecule has 0 saturated heterocycles. The van der Waals surface area contributed by atoms with Crippen LogP contribution in [0.2, 0.25) is 0 Å². The predicted molar refractivity (Wildman–Crippen MR) is 70.8 cm³/mol. The maximum absolute atomic E-state index is 12.1.